The number of phenolic OH excluding ortho intramolecular Hbond substituents is 2. The lowest BCUT2D eigenvalue weighted by atomic mass is 10.1. The van der Waals surface area contributed by atoms with Crippen LogP contribution in [0.1, 0.15) is 11.1 Å². The van der Waals surface area contributed by atoms with Gasteiger partial charge in [-0.15, -0.1) is 6.42 Å². The van der Waals surface area contributed by atoms with E-state index >= 15 is 0 Å². The number of hydrogen-bond acceptors (Lipinski definition) is 3. The van der Waals surface area contributed by atoms with Crippen LogP contribution < -0.4 is 4.74 Å². The predicted octanol–water partition coefficient (Wildman–Crippen LogP) is 3.28. The van der Waals surface area contributed by atoms with E-state index < -0.39 is 0 Å². The quantitative estimate of drug-likeness (QED) is 0.659. The van der Waals surface area contributed by atoms with Gasteiger partial charge in [0.1, 0.15) is 23.9 Å². The Bertz CT molecular complexity index is 649. The van der Waals surface area contributed by atoms with Gasteiger partial charge in [-0.3, -0.25) is 0 Å². The third kappa shape index (κ3) is 3.82. The van der Waals surface area contributed by atoms with E-state index in [0.717, 1.165) is 11.1 Å². The van der Waals surface area contributed by atoms with Gasteiger partial charge >= 0.3 is 0 Å². The van der Waals surface area contributed by atoms with Gasteiger partial charge in [0.15, 0.2) is 0 Å². The summed E-state index contributed by atoms with van der Waals surface area (Å²) in [7, 11) is 0. The fourth-order valence-corrected chi connectivity index (χ4v) is 1.69. The number of aromatic hydroxyl groups is 2. The summed E-state index contributed by atoms with van der Waals surface area (Å²) in [6.45, 7) is 0.157. The van der Waals surface area contributed by atoms with Crippen LogP contribution in [-0.4, -0.2) is 16.8 Å². The van der Waals surface area contributed by atoms with Gasteiger partial charge in [0, 0.05) is 6.07 Å². The molecular formula is C17H14O3. The highest BCUT2D eigenvalue weighted by Crippen LogP contribution is 2.23. The molecule has 3 heteroatoms. The minimum absolute atomic E-state index is 0.116. The van der Waals surface area contributed by atoms with Crippen LogP contribution in [0.2, 0.25) is 0 Å². The molecule has 100 valence electrons. The Morgan fingerprint density at radius 1 is 0.950 bits per heavy atom. The summed E-state index contributed by atoms with van der Waals surface area (Å²) in [6, 6.07) is 11.7. The second-order valence-electron chi connectivity index (χ2n) is 4.18. The van der Waals surface area contributed by atoms with Crippen molar-refractivity contribution < 1.29 is 14.9 Å². The van der Waals surface area contributed by atoms with E-state index in [9.17, 15) is 10.2 Å². The molecule has 0 heterocycles. The van der Waals surface area contributed by atoms with E-state index in [1.165, 1.54) is 6.07 Å². The summed E-state index contributed by atoms with van der Waals surface area (Å²) in [5.41, 5.74) is 1.74. The first kappa shape index (κ1) is 13.6. The lowest BCUT2D eigenvalue weighted by Crippen LogP contribution is -1.93. The van der Waals surface area contributed by atoms with Crippen molar-refractivity contribution in [3.63, 3.8) is 0 Å². The van der Waals surface area contributed by atoms with Gasteiger partial charge in [0.25, 0.3) is 0 Å². The maximum atomic E-state index is 9.63. The molecule has 0 radical (unpaired) electrons. The van der Waals surface area contributed by atoms with E-state index in [1.807, 2.05) is 12.2 Å². The Kier molecular flexibility index (Phi) is 4.31. The van der Waals surface area contributed by atoms with Crippen molar-refractivity contribution >= 4 is 12.2 Å². The van der Waals surface area contributed by atoms with Crippen molar-refractivity contribution in [1.82, 2.24) is 0 Å². The molecule has 0 aliphatic rings. The lowest BCUT2D eigenvalue weighted by molar-refractivity contribution is 0.366. The van der Waals surface area contributed by atoms with Crippen LogP contribution in [0, 0.1) is 12.3 Å². The van der Waals surface area contributed by atoms with Gasteiger partial charge in [0.2, 0.25) is 0 Å². The first-order valence-corrected chi connectivity index (χ1v) is 6.05. The molecule has 0 spiro atoms. The van der Waals surface area contributed by atoms with Gasteiger partial charge in [0.05, 0.1) is 0 Å². The highest BCUT2D eigenvalue weighted by atomic mass is 16.5. The number of terminal acetylenes is 1. The smallest absolute Gasteiger partial charge is 0.148 e. The molecule has 2 rings (SSSR count). The maximum absolute atomic E-state index is 9.63. The molecule has 2 aromatic carbocycles. The Morgan fingerprint density at radius 3 is 2.35 bits per heavy atom. The normalized spacial score (nSPS) is 10.3. The number of phenols is 2. The second kappa shape index (κ2) is 6.35. The summed E-state index contributed by atoms with van der Waals surface area (Å²) in [6.07, 6.45) is 8.84. The largest absolute Gasteiger partial charge is 0.508 e. The van der Waals surface area contributed by atoms with Crippen molar-refractivity contribution in [2.24, 2.45) is 0 Å². The van der Waals surface area contributed by atoms with Crippen LogP contribution in [-0.2, 0) is 0 Å². The number of ether oxygens (including phenoxy) is 1. The summed E-state index contributed by atoms with van der Waals surface area (Å²) in [5, 5.41) is 18.8. The SMILES string of the molecule is C#CCOc1cc(O)cc(C=Cc2ccc(O)cc2)c1. The molecule has 0 saturated heterocycles. The molecule has 2 aromatic rings. The summed E-state index contributed by atoms with van der Waals surface area (Å²) in [4.78, 5) is 0. The van der Waals surface area contributed by atoms with Crippen LogP contribution >= 0.6 is 0 Å². The van der Waals surface area contributed by atoms with E-state index in [0.29, 0.717) is 5.75 Å². The molecule has 0 fully saturated rings. The summed E-state index contributed by atoms with van der Waals surface area (Å²) < 4.78 is 5.28. The van der Waals surface area contributed by atoms with Gasteiger partial charge in [-0.05, 0) is 35.4 Å². The van der Waals surface area contributed by atoms with Gasteiger partial charge in [-0.2, -0.15) is 0 Å². The van der Waals surface area contributed by atoms with Crippen molar-refractivity contribution in [2.75, 3.05) is 6.61 Å². The van der Waals surface area contributed by atoms with Crippen molar-refractivity contribution in [3.8, 4) is 29.6 Å². The molecule has 20 heavy (non-hydrogen) atoms. The molecule has 0 saturated carbocycles. The number of hydrogen-bond donors (Lipinski definition) is 2. The third-order valence-electron chi connectivity index (χ3n) is 2.60. The van der Waals surface area contributed by atoms with Crippen LogP contribution in [0.5, 0.6) is 17.2 Å². The van der Waals surface area contributed by atoms with E-state index in [-0.39, 0.29) is 18.1 Å². The van der Waals surface area contributed by atoms with Crippen molar-refractivity contribution in [2.45, 2.75) is 0 Å². The van der Waals surface area contributed by atoms with Gasteiger partial charge < -0.3 is 14.9 Å². The van der Waals surface area contributed by atoms with Gasteiger partial charge in [-0.1, -0.05) is 30.2 Å². The molecule has 0 bridgehead atoms. The molecule has 0 aromatic heterocycles. The van der Waals surface area contributed by atoms with Crippen LogP contribution in [0.3, 0.4) is 0 Å². The standard InChI is InChI=1S/C17H14O3/c1-2-9-20-17-11-14(10-16(19)12-17)4-3-13-5-7-15(18)8-6-13/h1,3-8,10-12,18-19H,9H2. The average molecular weight is 266 g/mol. The van der Waals surface area contributed by atoms with Crippen molar-refractivity contribution in [1.29, 1.82) is 0 Å². The minimum Gasteiger partial charge on any atom is -0.508 e. The second-order valence-corrected chi connectivity index (χ2v) is 4.18. The topological polar surface area (TPSA) is 49.7 Å². The monoisotopic (exact) mass is 266 g/mol. The molecule has 0 aliphatic heterocycles. The Morgan fingerprint density at radius 2 is 1.65 bits per heavy atom. The van der Waals surface area contributed by atoms with Crippen molar-refractivity contribution in [3.05, 3.63) is 53.6 Å². The summed E-state index contributed by atoms with van der Waals surface area (Å²) >= 11 is 0. The van der Waals surface area contributed by atoms with E-state index in [4.69, 9.17) is 11.2 Å². The zero-order valence-electron chi connectivity index (χ0n) is 10.8. The third-order valence-corrected chi connectivity index (χ3v) is 2.60. The maximum Gasteiger partial charge on any atom is 0.148 e. The average Bonchev–Trinajstić information content (AvgIpc) is 2.44. The number of rotatable bonds is 4. The molecule has 0 amide bonds. The molecule has 3 nitrogen and oxygen atoms in total. The highest BCUT2D eigenvalue weighted by molar-refractivity contribution is 5.71. The lowest BCUT2D eigenvalue weighted by Gasteiger charge is -2.04. The fourth-order valence-electron chi connectivity index (χ4n) is 1.69. The molecule has 0 unspecified atom stereocenters. The first-order chi connectivity index (χ1) is 9.67. The van der Waals surface area contributed by atoms with E-state index in [2.05, 4.69) is 5.92 Å². The van der Waals surface area contributed by atoms with Crippen LogP contribution in [0.4, 0.5) is 0 Å². The number of benzene rings is 2. The zero-order valence-corrected chi connectivity index (χ0v) is 10.8. The van der Waals surface area contributed by atoms with Crippen LogP contribution in [0.15, 0.2) is 42.5 Å². The Labute approximate surface area is 117 Å². The van der Waals surface area contributed by atoms with Crippen LogP contribution in [0.25, 0.3) is 12.2 Å². The Balaban J connectivity index is 2.18. The minimum atomic E-state index is 0.116. The highest BCUT2D eigenvalue weighted by Gasteiger charge is 1.99. The predicted molar refractivity (Wildman–Crippen MR) is 79.5 cm³/mol. The summed E-state index contributed by atoms with van der Waals surface area (Å²) in [5.74, 6) is 3.24. The molecule has 2 N–H and O–H groups in total. The van der Waals surface area contributed by atoms with Gasteiger partial charge in [-0.25, -0.2) is 0 Å². The first-order valence-electron chi connectivity index (χ1n) is 6.05. The Hall–Kier alpha value is -2.86. The molecule has 0 atom stereocenters. The molecular weight excluding hydrogens is 252 g/mol. The zero-order chi connectivity index (χ0) is 14.4. The fraction of sp³-hybridized carbons (Fsp3) is 0.0588. The van der Waals surface area contributed by atoms with E-state index in [1.54, 1.807) is 36.4 Å². The molecule has 0 aliphatic carbocycles.